The van der Waals surface area contributed by atoms with Crippen LogP contribution < -0.4 is 5.32 Å². The Morgan fingerprint density at radius 2 is 2.06 bits per heavy atom. The summed E-state index contributed by atoms with van der Waals surface area (Å²) in [5.74, 6) is 0.826. The second kappa shape index (κ2) is 5.38. The molecule has 0 radical (unpaired) electrons. The van der Waals surface area contributed by atoms with Crippen LogP contribution in [-0.4, -0.2) is 9.97 Å². The van der Waals surface area contributed by atoms with Crippen LogP contribution >= 0.6 is 11.3 Å². The van der Waals surface area contributed by atoms with E-state index in [-0.39, 0.29) is 0 Å². The number of nitrogens with zero attached hydrogens (tertiary/aromatic N) is 2. The molecule has 2 aromatic heterocycles. The van der Waals surface area contributed by atoms with E-state index in [2.05, 4.69) is 35.2 Å². The Morgan fingerprint density at radius 3 is 2.71 bits per heavy atom. The van der Waals surface area contributed by atoms with Crippen LogP contribution in [0.4, 0.5) is 0 Å². The molecule has 17 heavy (non-hydrogen) atoms. The fourth-order valence-electron chi connectivity index (χ4n) is 1.65. The number of hydrogen-bond donors (Lipinski definition) is 1. The molecule has 2 heterocycles. The summed E-state index contributed by atoms with van der Waals surface area (Å²) in [7, 11) is 0. The molecule has 4 heteroatoms. The van der Waals surface area contributed by atoms with Gasteiger partial charge in [-0.2, -0.15) is 0 Å². The van der Waals surface area contributed by atoms with Crippen molar-refractivity contribution in [3.63, 3.8) is 0 Å². The van der Waals surface area contributed by atoms with Crippen molar-refractivity contribution in [2.75, 3.05) is 0 Å². The molecule has 0 amide bonds. The largest absolute Gasteiger partial charge is 0.306 e. The van der Waals surface area contributed by atoms with E-state index in [9.17, 15) is 0 Å². The van der Waals surface area contributed by atoms with E-state index >= 15 is 0 Å². The highest BCUT2D eigenvalue weighted by Crippen LogP contribution is 2.20. The Bertz CT molecular complexity index is 486. The van der Waals surface area contributed by atoms with Gasteiger partial charge in [0.1, 0.15) is 5.82 Å². The molecular weight excluding hydrogens is 230 g/mol. The Kier molecular flexibility index (Phi) is 3.86. The maximum atomic E-state index is 4.36. The van der Waals surface area contributed by atoms with Gasteiger partial charge < -0.3 is 5.32 Å². The molecule has 0 fully saturated rings. The third-order valence-corrected chi connectivity index (χ3v) is 3.81. The van der Waals surface area contributed by atoms with E-state index in [0.717, 1.165) is 24.6 Å². The van der Waals surface area contributed by atoms with Crippen molar-refractivity contribution >= 4 is 11.3 Å². The third-order valence-electron chi connectivity index (χ3n) is 2.66. The molecule has 0 aliphatic heterocycles. The molecule has 2 aromatic rings. The van der Waals surface area contributed by atoms with E-state index in [1.54, 1.807) is 6.20 Å². The minimum Gasteiger partial charge on any atom is -0.306 e. The van der Waals surface area contributed by atoms with Gasteiger partial charge in [0.15, 0.2) is 0 Å². The lowest BCUT2D eigenvalue weighted by molar-refractivity contribution is 0.681. The summed E-state index contributed by atoms with van der Waals surface area (Å²) < 4.78 is 0. The molecular formula is C13H17N3S. The number of aromatic nitrogens is 2. The van der Waals surface area contributed by atoms with Crippen LogP contribution in [0.1, 0.15) is 26.8 Å². The van der Waals surface area contributed by atoms with Gasteiger partial charge in [-0.25, -0.2) is 9.97 Å². The van der Waals surface area contributed by atoms with Crippen LogP contribution in [0.5, 0.6) is 0 Å². The smallest absolute Gasteiger partial charge is 0.125 e. The second-order valence-corrected chi connectivity index (χ2v) is 5.49. The Balaban J connectivity index is 1.87. The molecule has 0 unspecified atom stereocenters. The predicted molar refractivity (Wildman–Crippen MR) is 71.1 cm³/mol. The minimum absolute atomic E-state index is 0.791. The van der Waals surface area contributed by atoms with Crippen molar-refractivity contribution in [1.82, 2.24) is 15.3 Å². The zero-order valence-corrected chi connectivity index (χ0v) is 11.3. The highest BCUT2D eigenvalue weighted by Gasteiger charge is 2.01. The van der Waals surface area contributed by atoms with Crippen molar-refractivity contribution in [2.24, 2.45) is 0 Å². The molecule has 0 aliphatic rings. The normalized spacial score (nSPS) is 10.8. The summed E-state index contributed by atoms with van der Waals surface area (Å²) in [5, 5.41) is 3.41. The van der Waals surface area contributed by atoms with Gasteiger partial charge in [-0.3, -0.25) is 0 Å². The SMILES string of the molecule is Cc1nccc(CNCc2cc(C)c(C)s2)n1. The van der Waals surface area contributed by atoms with Gasteiger partial charge in [0.2, 0.25) is 0 Å². The second-order valence-electron chi connectivity index (χ2n) is 4.15. The first-order valence-electron chi connectivity index (χ1n) is 5.70. The van der Waals surface area contributed by atoms with Gasteiger partial charge in [-0.05, 0) is 38.5 Å². The number of aryl methyl sites for hydroxylation is 3. The fourth-order valence-corrected chi connectivity index (χ4v) is 2.68. The van der Waals surface area contributed by atoms with Crippen LogP contribution in [0.15, 0.2) is 18.3 Å². The lowest BCUT2D eigenvalue weighted by Crippen LogP contribution is -2.13. The lowest BCUT2D eigenvalue weighted by Gasteiger charge is -2.02. The molecule has 0 aliphatic carbocycles. The molecule has 0 atom stereocenters. The van der Waals surface area contributed by atoms with Gasteiger partial charge in [-0.1, -0.05) is 0 Å². The Labute approximate surface area is 106 Å². The molecule has 0 aromatic carbocycles. The summed E-state index contributed by atoms with van der Waals surface area (Å²) in [6, 6.07) is 4.20. The summed E-state index contributed by atoms with van der Waals surface area (Å²) in [4.78, 5) is 11.2. The number of nitrogens with one attached hydrogen (secondary N) is 1. The first kappa shape index (κ1) is 12.2. The quantitative estimate of drug-likeness (QED) is 0.902. The maximum absolute atomic E-state index is 4.36. The molecule has 90 valence electrons. The molecule has 0 saturated carbocycles. The highest BCUT2D eigenvalue weighted by atomic mass is 32.1. The monoisotopic (exact) mass is 247 g/mol. The van der Waals surface area contributed by atoms with E-state index in [1.807, 2.05) is 24.3 Å². The molecule has 0 bridgehead atoms. The van der Waals surface area contributed by atoms with Crippen LogP contribution in [0.2, 0.25) is 0 Å². The first-order chi connectivity index (χ1) is 8.15. The molecule has 2 rings (SSSR count). The van der Waals surface area contributed by atoms with Gasteiger partial charge in [0.05, 0.1) is 5.69 Å². The van der Waals surface area contributed by atoms with Gasteiger partial charge in [0, 0.05) is 29.0 Å². The van der Waals surface area contributed by atoms with E-state index in [1.165, 1.54) is 15.3 Å². The molecule has 0 spiro atoms. The van der Waals surface area contributed by atoms with Crippen LogP contribution in [0, 0.1) is 20.8 Å². The van der Waals surface area contributed by atoms with Gasteiger partial charge in [0.25, 0.3) is 0 Å². The topological polar surface area (TPSA) is 37.8 Å². The standard InChI is InChI=1S/C13H17N3S/c1-9-6-13(17-10(9)2)8-14-7-12-4-5-15-11(3)16-12/h4-6,14H,7-8H2,1-3H3. The Morgan fingerprint density at radius 1 is 1.24 bits per heavy atom. The van der Waals surface area contributed by atoms with E-state index in [0.29, 0.717) is 0 Å². The van der Waals surface area contributed by atoms with Gasteiger partial charge >= 0.3 is 0 Å². The molecule has 0 saturated heterocycles. The van der Waals surface area contributed by atoms with Crippen molar-refractivity contribution in [3.05, 3.63) is 45.2 Å². The highest BCUT2D eigenvalue weighted by molar-refractivity contribution is 7.12. The van der Waals surface area contributed by atoms with Crippen LogP contribution in [-0.2, 0) is 13.1 Å². The summed E-state index contributed by atoms with van der Waals surface area (Å²) in [6.45, 7) is 7.93. The summed E-state index contributed by atoms with van der Waals surface area (Å²) in [5.41, 5.74) is 2.42. The maximum Gasteiger partial charge on any atom is 0.125 e. The zero-order chi connectivity index (χ0) is 12.3. The van der Waals surface area contributed by atoms with E-state index in [4.69, 9.17) is 0 Å². The van der Waals surface area contributed by atoms with Crippen LogP contribution in [0.25, 0.3) is 0 Å². The fraction of sp³-hybridized carbons (Fsp3) is 0.385. The lowest BCUT2D eigenvalue weighted by atomic mass is 10.3. The van der Waals surface area contributed by atoms with Crippen molar-refractivity contribution in [1.29, 1.82) is 0 Å². The van der Waals surface area contributed by atoms with E-state index < -0.39 is 0 Å². The molecule has 3 nitrogen and oxygen atoms in total. The number of thiophene rings is 1. The number of rotatable bonds is 4. The summed E-state index contributed by atoms with van der Waals surface area (Å²) >= 11 is 1.86. The average Bonchev–Trinajstić information content (AvgIpc) is 2.58. The minimum atomic E-state index is 0.791. The third kappa shape index (κ3) is 3.35. The van der Waals surface area contributed by atoms with Gasteiger partial charge in [-0.15, -0.1) is 11.3 Å². The average molecular weight is 247 g/mol. The van der Waals surface area contributed by atoms with Crippen LogP contribution in [0.3, 0.4) is 0 Å². The summed E-state index contributed by atoms with van der Waals surface area (Å²) in [6.07, 6.45) is 1.80. The van der Waals surface area contributed by atoms with Crippen molar-refractivity contribution in [3.8, 4) is 0 Å². The van der Waals surface area contributed by atoms with Crippen molar-refractivity contribution in [2.45, 2.75) is 33.9 Å². The van der Waals surface area contributed by atoms with Crippen molar-refractivity contribution < 1.29 is 0 Å². The molecule has 1 N–H and O–H groups in total. The zero-order valence-electron chi connectivity index (χ0n) is 10.4. The Hall–Kier alpha value is -1.26. The predicted octanol–water partition coefficient (Wildman–Crippen LogP) is 2.75. The first-order valence-corrected chi connectivity index (χ1v) is 6.52. The number of hydrogen-bond acceptors (Lipinski definition) is 4.